The van der Waals surface area contributed by atoms with E-state index in [-0.39, 0.29) is 45.7 Å². The van der Waals surface area contributed by atoms with Gasteiger partial charge in [-0.15, -0.1) is 24.9 Å². The molecule has 226 valence electrons. The number of hydrogen-bond donors (Lipinski definition) is 1. The van der Waals surface area contributed by atoms with Gasteiger partial charge in [-0.1, -0.05) is 69.1 Å². The van der Waals surface area contributed by atoms with Crippen LogP contribution in [0.15, 0.2) is 25.3 Å². The first-order valence-corrected chi connectivity index (χ1v) is 16.4. The van der Waals surface area contributed by atoms with Gasteiger partial charge in [0.2, 0.25) is 17.7 Å². The number of likely N-dealkylation sites (tertiary alicyclic amines) is 1. The van der Waals surface area contributed by atoms with E-state index in [2.05, 4.69) is 63.7 Å². The maximum atomic E-state index is 15.0. The molecular formula is C31H50BrN3O4S. The second-order valence-electron chi connectivity index (χ2n) is 13.8. The fourth-order valence-electron chi connectivity index (χ4n) is 7.64. The smallest absolute Gasteiger partial charge is 0.247 e. The Kier molecular flexibility index (Phi) is 10.1. The normalized spacial score (nSPS) is 31.1. The third-order valence-electron chi connectivity index (χ3n) is 9.14. The molecule has 40 heavy (non-hydrogen) atoms. The Bertz CT molecular complexity index is 1010. The number of likely N-dealkylation sites (N-methyl/N-ethyl adjacent to an activating group) is 1. The van der Waals surface area contributed by atoms with E-state index in [0.717, 1.165) is 12.8 Å². The lowest BCUT2D eigenvalue weighted by atomic mass is 9.70. The molecule has 2 bridgehead atoms. The summed E-state index contributed by atoms with van der Waals surface area (Å²) in [6.45, 7) is 22.9. The fraction of sp³-hybridized carbons (Fsp3) is 0.774. The number of thioether (sulfide) groups is 1. The van der Waals surface area contributed by atoms with Crippen LogP contribution in [-0.4, -0.2) is 96.7 Å². The molecule has 3 aliphatic heterocycles. The van der Waals surface area contributed by atoms with Gasteiger partial charge >= 0.3 is 0 Å². The van der Waals surface area contributed by atoms with Gasteiger partial charge in [0.25, 0.3) is 0 Å². The molecule has 0 aromatic rings. The molecular weight excluding hydrogens is 590 g/mol. The van der Waals surface area contributed by atoms with E-state index < -0.39 is 34.2 Å². The van der Waals surface area contributed by atoms with Crippen LogP contribution < -0.4 is 0 Å². The predicted molar refractivity (Wildman–Crippen MR) is 167 cm³/mol. The van der Waals surface area contributed by atoms with Gasteiger partial charge in [-0.2, -0.15) is 0 Å². The average molecular weight is 641 g/mol. The zero-order valence-corrected chi connectivity index (χ0v) is 28.1. The van der Waals surface area contributed by atoms with Crippen molar-refractivity contribution in [2.75, 3.05) is 26.7 Å². The minimum absolute atomic E-state index is 0.00510. The molecule has 3 heterocycles. The number of hydrogen-bond acceptors (Lipinski definition) is 5. The van der Waals surface area contributed by atoms with E-state index in [0.29, 0.717) is 19.5 Å². The van der Waals surface area contributed by atoms with Gasteiger partial charge in [0, 0.05) is 35.8 Å². The average Bonchev–Trinajstić information content (AvgIpc) is 3.44. The summed E-state index contributed by atoms with van der Waals surface area (Å²) >= 11 is 5.49. The maximum absolute atomic E-state index is 15.0. The third kappa shape index (κ3) is 5.68. The number of carbonyl (C=O) groups is 3. The van der Waals surface area contributed by atoms with Crippen molar-refractivity contribution in [3.05, 3.63) is 25.3 Å². The summed E-state index contributed by atoms with van der Waals surface area (Å²) in [6.07, 6.45) is 5.56. The highest BCUT2D eigenvalue weighted by Gasteiger charge is 2.76. The largest absolute Gasteiger partial charge is 0.394 e. The van der Waals surface area contributed by atoms with Gasteiger partial charge in [-0.3, -0.25) is 14.4 Å². The van der Waals surface area contributed by atoms with Crippen molar-refractivity contribution < 1.29 is 19.5 Å². The van der Waals surface area contributed by atoms with E-state index in [1.54, 1.807) is 40.8 Å². The van der Waals surface area contributed by atoms with E-state index in [4.69, 9.17) is 0 Å². The Labute approximate surface area is 254 Å². The minimum Gasteiger partial charge on any atom is -0.394 e. The Morgan fingerprint density at radius 2 is 1.80 bits per heavy atom. The first-order chi connectivity index (χ1) is 18.5. The number of alkyl halides is 1. The molecule has 0 radical (unpaired) electrons. The van der Waals surface area contributed by atoms with Gasteiger partial charge < -0.3 is 19.8 Å². The quantitative estimate of drug-likeness (QED) is 0.247. The van der Waals surface area contributed by atoms with E-state index >= 15 is 0 Å². The summed E-state index contributed by atoms with van der Waals surface area (Å²) in [4.78, 5) is 48.6. The molecule has 0 aromatic heterocycles. The number of rotatable bonds is 12. The molecule has 0 aliphatic carbocycles. The fourth-order valence-corrected chi connectivity index (χ4v) is 11.2. The molecule has 3 saturated heterocycles. The van der Waals surface area contributed by atoms with Gasteiger partial charge in [-0.05, 0) is 38.0 Å². The number of carbonyl (C=O) groups excluding carboxylic acids is 3. The standard InChI is InChI=1S/C31H50BrN3O4S/c1-11-14-33(10)26(37)22-23-27(38)35(21(17-36)19(4)13-3)25(31(23)16-20(32)24(22)40-31)28(39)34(15-12-2)30(8,9)18-29(5,6)7/h11-12,19-25,36H,1-2,13-18H2,3-10H3/t19-,20?,21-,22-,23-,24-,25?,31?/m0/s1. The molecule has 3 aliphatic rings. The molecule has 1 spiro atoms. The van der Waals surface area contributed by atoms with Gasteiger partial charge in [0.15, 0.2) is 0 Å². The van der Waals surface area contributed by atoms with E-state index in [9.17, 15) is 19.5 Å². The van der Waals surface area contributed by atoms with Crippen LogP contribution in [0.2, 0.25) is 0 Å². The first kappa shape index (κ1) is 33.2. The van der Waals surface area contributed by atoms with Crippen molar-refractivity contribution in [2.24, 2.45) is 23.2 Å². The molecule has 7 nitrogen and oxygen atoms in total. The summed E-state index contributed by atoms with van der Waals surface area (Å²) in [7, 11) is 1.74. The lowest BCUT2D eigenvalue weighted by Gasteiger charge is -2.47. The number of halogens is 1. The number of amides is 3. The summed E-state index contributed by atoms with van der Waals surface area (Å²) < 4.78 is -0.763. The van der Waals surface area contributed by atoms with Crippen LogP contribution in [0.3, 0.4) is 0 Å². The van der Waals surface area contributed by atoms with Crippen LogP contribution in [0.25, 0.3) is 0 Å². The van der Waals surface area contributed by atoms with Crippen molar-refractivity contribution in [3.8, 4) is 0 Å². The lowest BCUT2D eigenvalue weighted by Crippen LogP contribution is -2.62. The molecule has 3 fully saturated rings. The highest BCUT2D eigenvalue weighted by molar-refractivity contribution is 9.09. The maximum Gasteiger partial charge on any atom is 0.247 e. The SMILES string of the molecule is C=CCN(C)C(=O)[C@H]1[C@H]2C(=O)N([C@@H](CO)[C@@H](C)CC)C(C(=O)N(CC=C)C(C)(C)CC(C)(C)C)C23CC(Br)[C@@H]1S3. The lowest BCUT2D eigenvalue weighted by molar-refractivity contribution is -0.150. The predicted octanol–water partition coefficient (Wildman–Crippen LogP) is 4.73. The van der Waals surface area contributed by atoms with Crippen molar-refractivity contribution in [1.29, 1.82) is 0 Å². The van der Waals surface area contributed by atoms with Gasteiger partial charge in [-0.25, -0.2) is 0 Å². The molecule has 0 saturated carbocycles. The summed E-state index contributed by atoms with van der Waals surface area (Å²) in [6, 6.07) is -1.30. The van der Waals surface area contributed by atoms with Crippen LogP contribution in [0.1, 0.15) is 67.7 Å². The second kappa shape index (κ2) is 12.1. The van der Waals surface area contributed by atoms with E-state index in [1.807, 2.05) is 18.7 Å². The molecule has 9 heteroatoms. The second-order valence-corrected chi connectivity index (χ2v) is 16.6. The summed E-state index contributed by atoms with van der Waals surface area (Å²) in [5.41, 5.74) is -0.541. The molecule has 3 amide bonds. The van der Waals surface area contributed by atoms with Crippen LogP contribution in [-0.2, 0) is 14.4 Å². The van der Waals surface area contributed by atoms with Crippen LogP contribution >= 0.6 is 27.7 Å². The zero-order chi connectivity index (χ0) is 30.4. The van der Waals surface area contributed by atoms with E-state index in [1.165, 1.54) is 0 Å². The Balaban J connectivity index is 2.20. The highest BCUT2D eigenvalue weighted by atomic mass is 79.9. The van der Waals surface area contributed by atoms with Crippen molar-refractivity contribution in [3.63, 3.8) is 0 Å². The zero-order valence-electron chi connectivity index (χ0n) is 25.7. The third-order valence-corrected chi connectivity index (χ3v) is 12.4. The van der Waals surface area contributed by atoms with Crippen molar-refractivity contribution >= 4 is 45.4 Å². The number of fused-ring (bicyclic) bond motifs is 1. The summed E-state index contributed by atoms with van der Waals surface area (Å²) in [5.74, 6) is -1.58. The summed E-state index contributed by atoms with van der Waals surface area (Å²) in [5, 5.41) is 10.5. The molecule has 3 unspecified atom stereocenters. The highest BCUT2D eigenvalue weighted by Crippen LogP contribution is 2.68. The molecule has 0 aromatic carbocycles. The van der Waals surface area contributed by atoms with Gasteiger partial charge in [0.05, 0.1) is 29.2 Å². The Morgan fingerprint density at radius 3 is 2.30 bits per heavy atom. The van der Waals surface area contributed by atoms with Crippen LogP contribution in [0, 0.1) is 23.2 Å². The van der Waals surface area contributed by atoms with Crippen molar-refractivity contribution in [1.82, 2.24) is 14.7 Å². The van der Waals surface area contributed by atoms with Crippen LogP contribution in [0.5, 0.6) is 0 Å². The van der Waals surface area contributed by atoms with Crippen molar-refractivity contribution in [2.45, 2.75) is 100 Å². The molecule has 3 rings (SSSR count). The Hall–Kier alpha value is -1.32. The monoisotopic (exact) mass is 639 g/mol. The molecule has 1 N–H and O–H groups in total. The number of aliphatic hydroxyl groups is 1. The first-order valence-electron chi connectivity index (χ1n) is 14.6. The topological polar surface area (TPSA) is 81.2 Å². The Morgan fingerprint density at radius 1 is 1.20 bits per heavy atom. The molecule has 8 atom stereocenters. The van der Waals surface area contributed by atoms with Crippen LogP contribution in [0.4, 0.5) is 0 Å². The van der Waals surface area contributed by atoms with Gasteiger partial charge in [0.1, 0.15) is 6.04 Å². The minimum atomic E-state index is -0.784. The number of nitrogens with zero attached hydrogens (tertiary/aromatic N) is 3. The number of aliphatic hydroxyl groups excluding tert-OH is 1.